The molecular weight excluding hydrogens is 288 g/mol. The van der Waals surface area contributed by atoms with Gasteiger partial charge in [-0.15, -0.1) is 0 Å². The molecule has 4 nitrogen and oxygen atoms in total. The van der Waals surface area contributed by atoms with Crippen LogP contribution in [0, 0.1) is 13.8 Å². The number of carbonyl (C=O) groups excluding carboxylic acids is 1. The van der Waals surface area contributed by atoms with Crippen LogP contribution in [0.2, 0.25) is 0 Å². The first-order chi connectivity index (χ1) is 10.9. The summed E-state index contributed by atoms with van der Waals surface area (Å²) in [7, 11) is 0. The molecule has 0 aliphatic carbocycles. The Kier molecular flexibility index (Phi) is 5.63. The predicted octanol–water partition coefficient (Wildman–Crippen LogP) is 4.14. The summed E-state index contributed by atoms with van der Waals surface area (Å²) in [6, 6.07) is 13.5. The van der Waals surface area contributed by atoms with Crippen molar-refractivity contribution < 1.29 is 9.53 Å². The van der Waals surface area contributed by atoms with Crippen LogP contribution in [0.25, 0.3) is 0 Å². The third-order valence-electron chi connectivity index (χ3n) is 3.34. The Balaban J connectivity index is 1.88. The number of nitrogens with one attached hydrogen (secondary N) is 2. The SMILES string of the molecule is Cc1ccc(C)c(NCC(=O)Nc2ccc(OC(C)C)cc2)c1. The van der Waals surface area contributed by atoms with Gasteiger partial charge < -0.3 is 15.4 Å². The zero-order valence-electron chi connectivity index (χ0n) is 14.1. The Hall–Kier alpha value is -2.49. The molecule has 0 aliphatic rings. The van der Waals surface area contributed by atoms with Crippen molar-refractivity contribution in [3.8, 4) is 5.75 Å². The topological polar surface area (TPSA) is 50.4 Å². The van der Waals surface area contributed by atoms with Gasteiger partial charge in [-0.25, -0.2) is 0 Å². The van der Waals surface area contributed by atoms with Crippen molar-refractivity contribution in [1.82, 2.24) is 0 Å². The lowest BCUT2D eigenvalue weighted by Crippen LogP contribution is -2.22. The largest absolute Gasteiger partial charge is 0.491 e. The second-order valence-electron chi connectivity index (χ2n) is 5.91. The smallest absolute Gasteiger partial charge is 0.243 e. The summed E-state index contributed by atoms with van der Waals surface area (Å²) in [5, 5.41) is 6.04. The first-order valence-corrected chi connectivity index (χ1v) is 7.82. The van der Waals surface area contributed by atoms with Gasteiger partial charge in [0.05, 0.1) is 12.6 Å². The molecular formula is C19H24N2O2. The highest BCUT2D eigenvalue weighted by molar-refractivity contribution is 5.93. The van der Waals surface area contributed by atoms with E-state index in [0.29, 0.717) is 0 Å². The van der Waals surface area contributed by atoms with Gasteiger partial charge >= 0.3 is 0 Å². The second kappa shape index (κ2) is 7.68. The molecule has 1 amide bonds. The number of anilines is 2. The lowest BCUT2D eigenvalue weighted by atomic mass is 10.1. The maximum absolute atomic E-state index is 12.0. The zero-order chi connectivity index (χ0) is 16.8. The van der Waals surface area contributed by atoms with E-state index in [1.54, 1.807) is 0 Å². The molecule has 0 saturated heterocycles. The third-order valence-corrected chi connectivity index (χ3v) is 3.34. The van der Waals surface area contributed by atoms with Crippen LogP contribution in [-0.2, 0) is 4.79 Å². The zero-order valence-corrected chi connectivity index (χ0v) is 14.1. The highest BCUT2D eigenvalue weighted by Gasteiger charge is 2.05. The Morgan fingerprint density at radius 2 is 1.78 bits per heavy atom. The van der Waals surface area contributed by atoms with Gasteiger partial charge in [-0.2, -0.15) is 0 Å². The normalized spacial score (nSPS) is 10.5. The molecule has 0 saturated carbocycles. The number of amides is 1. The Morgan fingerprint density at radius 1 is 1.09 bits per heavy atom. The van der Waals surface area contributed by atoms with E-state index in [9.17, 15) is 4.79 Å². The predicted molar refractivity (Wildman–Crippen MR) is 95.2 cm³/mol. The lowest BCUT2D eigenvalue weighted by molar-refractivity contribution is -0.114. The van der Waals surface area contributed by atoms with Crippen molar-refractivity contribution in [2.24, 2.45) is 0 Å². The number of aryl methyl sites for hydroxylation is 2. The fourth-order valence-electron chi connectivity index (χ4n) is 2.20. The minimum absolute atomic E-state index is 0.0802. The van der Waals surface area contributed by atoms with Gasteiger partial charge in [0, 0.05) is 11.4 Å². The molecule has 2 N–H and O–H groups in total. The van der Waals surface area contributed by atoms with Gasteiger partial charge in [0.25, 0.3) is 0 Å². The van der Waals surface area contributed by atoms with E-state index in [1.165, 1.54) is 5.56 Å². The van der Waals surface area contributed by atoms with Gasteiger partial charge in [-0.05, 0) is 69.2 Å². The fraction of sp³-hybridized carbons (Fsp3) is 0.316. The molecule has 2 aromatic carbocycles. The number of carbonyl (C=O) groups is 1. The molecule has 0 atom stereocenters. The Morgan fingerprint density at radius 3 is 2.43 bits per heavy atom. The van der Waals surface area contributed by atoms with Crippen molar-refractivity contribution in [1.29, 1.82) is 0 Å². The molecule has 0 aromatic heterocycles. The Labute approximate surface area is 137 Å². The van der Waals surface area contributed by atoms with Crippen LogP contribution in [0.4, 0.5) is 11.4 Å². The first-order valence-electron chi connectivity index (χ1n) is 7.82. The average Bonchev–Trinajstić information content (AvgIpc) is 2.50. The molecule has 4 heteroatoms. The summed E-state index contributed by atoms with van der Waals surface area (Å²) < 4.78 is 5.58. The number of rotatable bonds is 6. The summed E-state index contributed by atoms with van der Waals surface area (Å²) in [6.45, 7) is 8.25. The van der Waals surface area contributed by atoms with E-state index in [-0.39, 0.29) is 18.6 Å². The highest BCUT2D eigenvalue weighted by Crippen LogP contribution is 2.18. The van der Waals surface area contributed by atoms with Crippen LogP contribution in [-0.4, -0.2) is 18.6 Å². The van der Waals surface area contributed by atoms with E-state index in [4.69, 9.17) is 4.74 Å². The number of hydrogen-bond acceptors (Lipinski definition) is 3. The van der Waals surface area contributed by atoms with Crippen LogP contribution in [0.1, 0.15) is 25.0 Å². The van der Waals surface area contributed by atoms with Gasteiger partial charge in [0.1, 0.15) is 5.75 Å². The highest BCUT2D eigenvalue weighted by atomic mass is 16.5. The van der Waals surface area contributed by atoms with Crippen molar-refractivity contribution >= 4 is 17.3 Å². The minimum Gasteiger partial charge on any atom is -0.491 e. The number of benzene rings is 2. The van der Waals surface area contributed by atoms with Crippen molar-refractivity contribution in [2.75, 3.05) is 17.2 Å². The number of ether oxygens (including phenoxy) is 1. The summed E-state index contributed by atoms with van der Waals surface area (Å²) in [4.78, 5) is 12.0. The van der Waals surface area contributed by atoms with Gasteiger partial charge in [0.2, 0.25) is 5.91 Å². The maximum atomic E-state index is 12.0. The third kappa shape index (κ3) is 5.33. The second-order valence-corrected chi connectivity index (χ2v) is 5.91. The molecule has 0 aliphatic heterocycles. The quantitative estimate of drug-likeness (QED) is 0.843. The first kappa shape index (κ1) is 16.9. The van der Waals surface area contributed by atoms with Crippen molar-refractivity contribution in [3.05, 3.63) is 53.6 Å². The van der Waals surface area contributed by atoms with Gasteiger partial charge in [-0.3, -0.25) is 4.79 Å². The fourth-order valence-corrected chi connectivity index (χ4v) is 2.20. The van der Waals surface area contributed by atoms with Crippen LogP contribution in [0.3, 0.4) is 0 Å². The summed E-state index contributed by atoms with van der Waals surface area (Å²) in [5.41, 5.74) is 4.03. The molecule has 0 radical (unpaired) electrons. The standard InChI is InChI=1S/C19H24N2O2/c1-13(2)23-17-9-7-16(8-10-17)21-19(22)12-20-18-11-14(3)5-6-15(18)4/h5-11,13,20H,12H2,1-4H3,(H,21,22). The van der Waals surface area contributed by atoms with Crippen molar-refractivity contribution in [3.63, 3.8) is 0 Å². The maximum Gasteiger partial charge on any atom is 0.243 e. The molecule has 0 heterocycles. The molecule has 122 valence electrons. The molecule has 0 spiro atoms. The molecule has 0 fully saturated rings. The Bertz CT molecular complexity index is 664. The van der Waals surface area contributed by atoms with Gasteiger partial charge in [-0.1, -0.05) is 12.1 Å². The molecule has 0 bridgehead atoms. The summed E-state index contributed by atoms with van der Waals surface area (Å²) in [5.74, 6) is 0.718. The minimum atomic E-state index is -0.0802. The lowest BCUT2D eigenvalue weighted by Gasteiger charge is -2.12. The van der Waals surface area contributed by atoms with E-state index >= 15 is 0 Å². The molecule has 2 aromatic rings. The summed E-state index contributed by atoms with van der Waals surface area (Å²) in [6.07, 6.45) is 0.136. The van der Waals surface area contributed by atoms with Crippen LogP contribution in [0.15, 0.2) is 42.5 Å². The number of hydrogen-bond donors (Lipinski definition) is 2. The molecule has 2 rings (SSSR count). The van der Waals surface area contributed by atoms with Crippen LogP contribution >= 0.6 is 0 Å². The average molecular weight is 312 g/mol. The van der Waals surface area contributed by atoms with Gasteiger partial charge in [0.15, 0.2) is 0 Å². The van der Waals surface area contributed by atoms with Crippen molar-refractivity contribution in [2.45, 2.75) is 33.8 Å². The monoisotopic (exact) mass is 312 g/mol. The summed E-state index contributed by atoms with van der Waals surface area (Å²) >= 11 is 0. The van der Waals surface area contributed by atoms with E-state index < -0.39 is 0 Å². The van der Waals surface area contributed by atoms with E-state index in [2.05, 4.69) is 16.7 Å². The van der Waals surface area contributed by atoms with Crippen LogP contribution < -0.4 is 15.4 Å². The van der Waals surface area contributed by atoms with E-state index in [0.717, 1.165) is 22.7 Å². The molecule has 23 heavy (non-hydrogen) atoms. The molecule has 0 unspecified atom stereocenters. The van der Waals surface area contributed by atoms with Crippen LogP contribution in [0.5, 0.6) is 5.75 Å². The van der Waals surface area contributed by atoms with E-state index in [1.807, 2.05) is 64.1 Å².